The number of carbonyl (C=O) groups excluding carboxylic acids is 1. The second kappa shape index (κ2) is 4.98. The van der Waals surface area contributed by atoms with E-state index in [2.05, 4.69) is 10.3 Å². The molecular formula is C12H14ClN3O3S. The molecule has 2 aliphatic rings. The maximum Gasteiger partial charge on any atom is 0.244 e. The molecule has 3 heterocycles. The summed E-state index contributed by atoms with van der Waals surface area (Å²) in [5.74, 6) is -0.289. The molecule has 108 valence electrons. The summed E-state index contributed by atoms with van der Waals surface area (Å²) in [6.45, 7) is 0.810. The van der Waals surface area contributed by atoms with E-state index in [0.717, 1.165) is 6.42 Å². The molecule has 0 radical (unpaired) electrons. The molecule has 3 rings (SSSR count). The minimum Gasteiger partial charge on any atom is -0.354 e. The van der Waals surface area contributed by atoms with E-state index in [9.17, 15) is 13.2 Å². The summed E-state index contributed by atoms with van der Waals surface area (Å²) in [4.78, 5) is 15.6. The number of pyridine rings is 1. The number of nitrogens with zero attached hydrogens (tertiary/aromatic N) is 2. The molecule has 1 amide bonds. The fourth-order valence-corrected chi connectivity index (χ4v) is 4.62. The predicted octanol–water partition coefficient (Wildman–Crippen LogP) is 0.634. The van der Waals surface area contributed by atoms with E-state index in [1.54, 1.807) is 0 Å². The monoisotopic (exact) mass is 315 g/mol. The summed E-state index contributed by atoms with van der Waals surface area (Å²) in [6.07, 6.45) is 2.68. The number of carbonyl (C=O) groups is 1. The Labute approximate surface area is 122 Å². The van der Waals surface area contributed by atoms with E-state index in [4.69, 9.17) is 11.6 Å². The third kappa shape index (κ3) is 2.19. The molecule has 2 atom stereocenters. The van der Waals surface area contributed by atoms with Crippen LogP contribution in [0.4, 0.5) is 0 Å². The fraction of sp³-hybridized carbons (Fsp3) is 0.500. The van der Waals surface area contributed by atoms with Crippen LogP contribution in [0, 0.1) is 5.92 Å². The van der Waals surface area contributed by atoms with Gasteiger partial charge in [0, 0.05) is 19.3 Å². The highest BCUT2D eigenvalue weighted by Gasteiger charge is 2.45. The molecule has 1 aromatic rings. The SMILES string of the molecule is O=C1NCC2C1CCCN2S(=O)(=O)c1ccc(Cl)nc1. The topological polar surface area (TPSA) is 79.4 Å². The first-order valence-electron chi connectivity index (χ1n) is 6.41. The van der Waals surface area contributed by atoms with Crippen LogP contribution in [0.15, 0.2) is 23.2 Å². The smallest absolute Gasteiger partial charge is 0.244 e. The Morgan fingerprint density at radius 2 is 2.20 bits per heavy atom. The van der Waals surface area contributed by atoms with E-state index in [1.165, 1.54) is 22.6 Å². The van der Waals surface area contributed by atoms with Crippen LogP contribution in [0.1, 0.15) is 12.8 Å². The van der Waals surface area contributed by atoms with Crippen molar-refractivity contribution in [3.8, 4) is 0 Å². The van der Waals surface area contributed by atoms with Gasteiger partial charge in [-0.2, -0.15) is 4.31 Å². The average molecular weight is 316 g/mol. The van der Waals surface area contributed by atoms with Crippen LogP contribution in [-0.2, 0) is 14.8 Å². The zero-order valence-electron chi connectivity index (χ0n) is 10.6. The lowest BCUT2D eigenvalue weighted by Gasteiger charge is -2.34. The molecule has 1 N–H and O–H groups in total. The molecule has 0 aliphatic carbocycles. The molecule has 20 heavy (non-hydrogen) atoms. The van der Waals surface area contributed by atoms with Crippen LogP contribution in [0.3, 0.4) is 0 Å². The maximum atomic E-state index is 12.7. The first-order chi connectivity index (χ1) is 9.50. The van der Waals surface area contributed by atoms with Gasteiger partial charge >= 0.3 is 0 Å². The molecule has 0 aromatic carbocycles. The number of nitrogens with one attached hydrogen (secondary N) is 1. The van der Waals surface area contributed by atoms with Gasteiger partial charge in [-0.25, -0.2) is 13.4 Å². The molecule has 6 nitrogen and oxygen atoms in total. The number of piperidine rings is 1. The number of hydrogen-bond donors (Lipinski definition) is 1. The second-order valence-corrected chi connectivity index (χ2v) is 7.27. The maximum absolute atomic E-state index is 12.7. The number of halogens is 1. The highest BCUT2D eigenvalue weighted by atomic mass is 35.5. The highest BCUT2D eigenvalue weighted by molar-refractivity contribution is 7.89. The van der Waals surface area contributed by atoms with Gasteiger partial charge in [-0.15, -0.1) is 0 Å². The van der Waals surface area contributed by atoms with Gasteiger partial charge in [0.2, 0.25) is 15.9 Å². The Hall–Kier alpha value is -1.18. The molecular weight excluding hydrogens is 302 g/mol. The summed E-state index contributed by atoms with van der Waals surface area (Å²) in [6, 6.07) is 2.60. The van der Waals surface area contributed by atoms with Crippen LogP contribution >= 0.6 is 11.6 Å². The van der Waals surface area contributed by atoms with Gasteiger partial charge in [0.15, 0.2) is 0 Å². The largest absolute Gasteiger partial charge is 0.354 e. The summed E-state index contributed by atoms with van der Waals surface area (Å²) < 4.78 is 26.7. The molecule has 2 fully saturated rings. The van der Waals surface area contributed by atoms with Crippen molar-refractivity contribution in [3.05, 3.63) is 23.5 Å². The Bertz CT molecular complexity index is 632. The van der Waals surface area contributed by atoms with E-state index in [-0.39, 0.29) is 27.9 Å². The van der Waals surface area contributed by atoms with Gasteiger partial charge in [-0.3, -0.25) is 4.79 Å². The van der Waals surface area contributed by atoms with Crippen molar-refractivity contribution >= 4 is 27.5 Å². The lowest BCUT2D eigenvalue weighted by molar-refractivity contribution is -0.123. The van der Waals surface area contributed by atoms with Crippen molar-refractivity contribution in [1.82, 2.24) is 14.6 Å². The number of rotatable bonds is 2. The fourth-order valence-electron chi connectivity index (χ4n) is 2.86. The lowest BCUT2D eigenvalue weighted by Crippen LogP contribution is -2.48. The van der Waals surface area contributed by atoms with E-state index in [1.807, 2.05) is 0 Å². The third-order valence-electron chi connectivity index (χ3n) is 3.86. The summed E-state index contributed by atoms with van der Waals surface area (Å²) in [5.41, 5.74) is 0. The van der Waals surface area contributed by atoms with E-state index >= 15 is 0 Å². The van der Waals surface area contributed by atoms with Crippen molar-refractivity contribution in [2.24, 2.45) is 5.92 Å². The molecule has 0 bridgehead atoms. The van der Waals surface area contributed by atoms with E-state index < -0.39 is 10.0 Å². The Morgan fingerprint density at radius 1 is 1.40 bits per heavy atom. The first kappa shape index (κ1) is 13.8. The Kier molecular flexibility index (Phi) is 3.43. The number of hydrogen-bond acceptors (Lipinski definition) is 4. The Morgan fingerprint density at radius 3 is 2.90 bits per heavy atom. The molecule has 0 saturated carbocycles. The van der Waals surface area contributed by atoms with Gasteiger partial charge in [0.25, 0.3) is 0 Å². The van der Waals surface area contributed by atoms with Crippen molar-refractivity contribution in [2.75, 3.05) is 13.1 Å². The van der Waals surface area contributed by atoms with Gasteiger partial charge in [-0.05, 0) is 25.0 Å². The molecule has 2 saturated heterocycles. The molecule has 2 unspecified atom stereocenters. The quantitative estimate of drug-likeness (QED) is 0.812. The van der Waals surface area contributed by atoms with E-state index in [0.29, 0.717) is 19.5 Å². The van der Waals surface area contributed by atoms with Gasteiger partial charge < -0.3 is 5.32 Å². The average Bonchev–Trinajstić information content (AvgIpc) is 2.81. The predicted molar refractivity (Wildman–Crippen MR) is 72.7 cm³/mol. The number of sulfonamides is 1. The molecule has 2 aliphatic heterocycles. The lowest BCUT2D eigenvalue weighted by atomic mass is 9.93. The first-order valence-corrected chi connectivity index (χ1v) is 8.23. The van der Waals surface area contributed by atoms with Crippen LogP contribution in [0.5, 0.6) is 0 Å². The summed E-state index contributed by atoms with van der Waals surface area (Å²) in [5, 5.41) is 2.99. The van der Waals surface area contributed by atoms with Crippen molar-refractivity contribution in [3.63, 3.8) is 0 Å². The third-order valence-corrected chi connectivity index (χ3v) is 5.99. The van der Waals surface area contributed by atoms with Gasteiger partial charge in [0.1, 0.15) is 10.0 Å². The van der Waals surface area contributed by atoms with Crippen molar-refractivity contribution in [1.29, 1.82) is 0 Å². The minimum atomic E-state index is -3.64. The standard InChI is InChI=1S/C12H14ClN3O3S/c13-11-4-3-8(6-14-11)20(18,19)16-5-1-2-9-10(16)7-15-12(9)17/h3-4,6,9-10H,1-2,5,7H2,(H,15,17). The zero-order chi connectivity index (χ0) is 14.3. The van der Waals surface area contributed by atoms with Crippen LogP contribution in [0.25, 0.3) is 0 Å². The minimum absolute atomic E-state index is 0.0517. The van der Waals surface area contributed by atoms with Crippen molar-refractivity contribution in [2.45, 2.75) is 23.8 Å². The number of aromatic nitrogens is 1. The normalized spacial score (nSPS) is 27.1. The van der Waals surface area contributed by atoms with Crippen LogP contribution in [-0.4, -0.2) is 42.7 Å². The van der Waals surface area contributed by atoms with Gasteiger partial charge in [0.05, 0.1) is 12.0 Å². The van der Waals surface area contributed by atoms with Crippen LogP contribution in [0.2, 0.25) is 5.15 Å². The molecule has 1 aromatic heterocycles. The summed E-state index contributed by atoms with van der Waals surface area (Å²) in [7, 11) is -3.64. The molecule has 0 spiro atoms. The number of amides is 1. The second-order valence-electron chi connectivity index (χ2n) is 4.99. The van der Waals surface area contributed by atoms with Crippen molar-refractivity contribution < 1.29 is 13.2 Å². The molecule has 8 heteroatoms. The van der Waals surface area contributed by atoms with Crippen LogP contribution < -0.4 is 5.32 Å². The highest BCUT2D eigenvalue weighted by Crippen LogP contribution is 2.31. The zero-order valence-corrected chi connectivity index (χ0v) is 12.2. The van der Waals surface area contributed by atoms with Gasteiger partial charge in [-0.1, -0.05) is 11.6 Å². The number of fused-ring (bicyclic) bond motifs is 1. The summed E-state index contributed by atoms with van der Waals surface area (Å²) >= 11 is 5.68. The Balaban J connectivity index is 1.94.